The molecule has 1 radical (unpaired) electrons. The van der Waals surface area contributed by atoms with E-state index in [0.29, 0.717) is 39.1 Å². The fourth-order valence-corrected chi connectivity index (χ4v) is 2.41. The van der Waals surface area contributed by atoms with E-state index in [0.717, 1.165) is 0 Å². The summed E-state index contributed by atoms with van der Waals surface area (Å²) < 4.78 is 33.0. The molecule has 0 aliphatic carbocycles. The van der Waals surface area contributed by atoms with Gasteiger partial charge in [-0.3, -0.25) is 4.79 Å². The van der Waals surface area contributed by atoms with Gasteiger partial charge in [0.25, 0.3) is 5.92 Å². The molecule has 24 heavy (non-hydrogen) atoms. The Morgan fingerprint density at radius 3 is 2.67 bits per heavy atom. The van der Waals surface area contributed by atoms with E-state index in [2.05, 4.69) is 10.6 Å². The summed E-state index contributed by atoms with van der Waals surface area (Å²) in [6.07, 6.45) is -0.0473. The fourth-order valence-electron chi connectivity index (χ4n) is 2.41. The Bertz CT molecular complexity index is 392. The van der Waals surface area contributed by atoms with Crippen molar-refractivity contribution >= 4 is 11.9 Å². The van der Waals surface area contributed by atoms with Gasteiger partial charge < -0.3 is 20.3 Å². The van der Waals surface area contributed by atoms with Crippen LogP contribution in [0.4, 0.5) is 13.6 Å². The van der Waals surface area contributed by atoms with Gasteiger partial charge in [0.15, 0.2) is 0 Å². The number of nitrogens with one attached hydrogen (secondary N) is 2. The van der Waals surface area contributed by atoms with Crippen LogP contribution in [0, 0.1) is 6.54 Å². The van der Waals surface area contributed by atoms with Crippen molar-refractivity contribution in [1.82, 2.24) is 15.5 Å². The van der Waals surface area contributed by atoms with Gasteiger partial charge in [-0.05, 0) is 6.42 Å². The van der Waals surface area contributed by atoms with Crippen molar-refractivity contribution in [3.05, 3.63) is 6.54 Å². The summed E-state index contributed by atoms with van der Waals surface area (Å²) in [6, 6.07) is -1.79. The molecule has 2 N–H and O–H groups in total. The second-order valence-electron chi connectivity index (χ2n) is 5.56. The Labute approximate surface area is 167 Å². The Morgan fingerprint density at radius 1 is 1.33 bits per heavy atom. The van der Waals surface area contributed by atoms with E-state index < -0.39 is 30.3 Å². The van der Waals surface area contributed by atoms with Gasteiger partial charge in [-0.25, -0.2) is 20.1 Å². The number of amides is 3. The topological polar surface area (TPSA) is 70.7 Å². The monoisotopic (exact) mass is 423 g/mol. The van der Waals surface area contributed by atoms with Crippen molar-refractivity contribution < 1.29 is 55.8 Å². The predicted octanol–water partition coefficient (Wildman–Crippen LogP) is 1.91. The van der Waals surface area contributed by atoms with Crippen LogP contribution in [-0.4, -0.2) is 55.1 Å². The molecule has 1 rings (SSSR count). The molecule has 0 aromatic heterocycles. The number of ether oxygens (including phenoxy) is 1. The largest absolute Gasteiger partial charge is 0.504 e. The quantitative estimate of drug-likeness (QED) is 0.615. The zero-order valence-electron chi connectivity index (χ0n) is 14.3. The first-order chi connectivity index (χ1) is 10.9. The van der Waals surface area contributed by atoms with Crippen molar-refractivity contribution in [2.45, 2.75) is 51.5 Å². The molecule has 137 valence electrons. The van der Waals surface area contributed by atoms with Crippen molar-refractivity contribution in [2.24, 2.45) is 0 Å². The van der Waals surface area contributed by atoms with E-state index in [9.17, 15) is 18.4 Å². The molecule has 1 saturated heterocycles. The molecule has 0 bridgehead atoms. The number of alkyl halides is 2. The molecule has 3 amide bonds. The molecule has 1 atom stereocenters. The molecule has 0 unspecified atom stereocenters. The van der Waals surface area contributed by atoms with Gasteiger partial charge >= 0.3 is 6.03 Å². The van der Waals surface area contributed by atoms with E-state index in [1.807, 2.05) is 0 Å². The van der Waals surface area contributed by atoms with Crippen LogP contribution in [0.1, 0.15) is 39.5 Å². The number of carbonyl (C=O) groups is 2. The average Bonchev–Trinajstić information content (AvgIpc) is 2.75. The molecular weight excluding hydrogens is 397 g/mol. The molecule has 0 aromatic rings. The van der Waals surface area contributed by atoms with Gasteiger partial charge in [0.1, 0.15) is 6.04 Å². The SMILES string of the molecule is C[CH-]NC(=O)[C@H](CC(F)(F)CCC)NC(=O)N1CCCOCC1.[Y]. The summed E-state index contributed by atoms with van der Waals surface area (Å²) in [6.45, 7) is 6.41. The minimum absolute atomic E-state index is 0. The molecule has 0 saturated carbocycles. The Kier molecular flexibility index (Phi) is 11.9. The average molecular weight is 423 g/mol. The van der Waals surface area contributed by atoms with Gasteiger partial charge in [0.05, 0.1) is 6.61 Å². The standard InChI is InChI=1S/C15H26F2N3O3.Y/c1-3-6-15(16,17)11-12(13(21)18-4-2)19-14(22)20-7-5-9-23-10-8-20;/h4,12H,3,5-11H2,1-2H3,(H,18,21)(H,19,22);/q-1;/t12-;/m0./s1. The van der Waals surface area contributed by atoms with Crippen LogP contribution in [0.5, 0.6) is 0 Å². The number of halogens is 2. The number of nitrogens with zero attached hydrogens (tertiary/aromatic N) is 1. The van der Waals surface area contributed by atoms with Crippen molar-refractivity contribution in [3.63, 3.8) is 0 Å². The number of hydrogen-bond acceptors (Lipinski definition) is 3. The van der Waals surface area contributed by atoms with Crippen LogP contribution in [0.2, 0.25) is 0 Å². The molecular formula is C15H26F2N3O3Y-. The van der Waals surface area contributed by atoms with Crippen LogP contribution in [-0.2, 0) is 42.2 Å². The normalized spacial score (nSPS) is 16.6. The zero-order valence-corrected chi connectivity index (χ0v) is 17.2. The van der Waals surface area contributed by atoms with E-state index in [1.165, 1.54) is 11.4 Å². The van der Waals surface area contributed by atoms with E-state index >= 15 is 0 Å². The van der Waals surface area contributed by atoms with Crippen LogP contribution < -0.4 is 10.6 Å². The molecule has 0 spiro atoms. The zero-order chi connectivity index (χ0) is 17.3. The van der Waals surface area contributed by atoms with Gasteiger partial charge in [-0.1, -0.05) is 13.3 Å². The van der Waals surface area contributed by atoms with Gasteiger partial charge in [0, 0.05) is 65.2 Å². The van der Waals surface area contributed by atoms with Gasteiger partial charge in [0.2, 0.25) is 5.91 Å². The smallest absolute Gasteiger partial charge is 0.318 e. The number of urea groups is 1. The summed E-state index contributed by atoms with van der Waals surface area (Å²) in [4.78, 5) is 25.7. The van der Waals surface area contributed by atoms with Gasteiger partial charge in [-0.2, -0.15) is 6.92 Å². The molecule has 0 aromatic carbocycles. The van der Waals surface area contributed by atoms with E-state index in [4.69, 9.17) is 4.74 Å². The summed E-state index contributed by atoms with van der Waals surface area (Å²) in [7, 11) is 0. The third-order valence-electron chi connectivity index (χ3n) is 3.53. The first-order valence-electron chi connectivity index (χ1n) is 7.99. The molecule has 1 aliphatic heterocycles. The van der Waals surface area contributed by atoms with E-state index in [-0.39, 0.29) is 39.1 Å². The third-order valence-corrected chi connectivity index (χ3v) is 3.53. The van der Waals surface area contributed by atoms with Gasteiger partial charge in [-0.15, -0.1) is 0 Å². The Balaban J connectivity index is 0.00000529. The maximum Gasteiger partial charge on any atom is 0.318 e. The van der Waals surface area contributed by atoms with Crippen LogP contribution in [0.3, 0.4) is 0 Å². The van der Waals surface area contributed by atoms with Crippen LogP contribution in [0.25, 0.3) is 0 Å². The summed E-state index contributed by atoms with van der Waals surface area (Å²) >= 11 is 0. The summed E-state index contributed by atoms with van der Waals surface area (Å²) in [5.74, 6) is -3.64. The Morgan fingerprint density at radius 2 is 2.04 bits per heavy atom. The second kappa shape index (κ2) is 12.1. The van der Waals surface area contributed by atoms with Crippen molar-refractivity contribution in [2.75, 3.05) is 26.3 Å². The minimum atomic E-state index is -3.00. The molecule has 1 aliphatic rings. The van der Waals surface area contributed by atoms with Crippen LogP contribution >= 0.6 is 0 Å². The maximum atomic E-state index is 13.9. The summed E-state index contributed by atoms with van der Waals surface area (Å²) in [5, 5.41) is 4.81. The Hall–Kier alpha value is -0.336. The molecule has 9 heteroatoms. The molecule has 1 heterocycles. The van der Waals surface area contributed by atoms with Crippen molar-refractivity contribution in [3.8, 4) is 0 Å². The molecule has 1 fully saturated rings. The minimum Gasteiger partial charge on any atom is -0.504 e. The third kappa shape index (κ3) is 8.67. The second-order valence-corrected chi connectivity index (χ2v) is 5.56. The first kappa shape index (κ1) is 23.7. The molecule has 6 nitrogen and oxygen atoms in total. The fraction of sp³-hybridized carbons (Fsp3) is 0.800. The maximum absolute atomic E-state index is 13.9. The van der Waals surface area contributed by atoms with Crippen LogP contribution in [0.15, 0.2) is 0 Å². The first-order valence-corrected chi connectivity index (χ1v) is 7.99. The number of hydrogen-bond donors (Lipinski definition) is 2. The van der Waals surface area contributed by atoms with E-state index in [1.54, 1.807) is 13.8 Å². The summed E-state index contributed by atoms with van der Waals surface area (Å²) in [5.41, 5.74) is 0. The number of carbonyl (C=O) groups excluding carboxylic acids is 2. The predicted molar refractivity (Wildman–Crippen MR) is 81.9 cm³/mol. The number of rotatable bonds is 7. The van der Waals surface area contributed by atoms with Crippen molar-refractivity contribution in [1.29, 1.82) is 0 Å².